The topological polar surface area (TPSA) is 64.3 Å². The van der Waals surface area contributed by atoms with Gasteiger partial charge in [-0.1, -0.05) is 30.9 Å². The lowest BCUT2D eigenvalue weighted by Crippen LogP contribution is -2.65. The Labute approximate surface area is 143 Å². The van der Waals surface area contributed by atoms with Crippen molar-refractivity contribution in [2.75, 3.05) is 6.61 Å². The highest BCUT2D eigenvalue weighted by Gasteiger charge is 2.53. The first-order valence-electron chi connectivity index (χ1n) is 8.62. The van der Waals surface area contributed by atoms with E-state index in [4.69, 9.17) is 0 Å². The van der Waals surface area contributed by atoms with Gasteiger partial charge < -0.3 is 10.0 Å². The smallest absolute Gasteiger partial charge is 0.227 e. The number of aliphatic hydroxyl groups is 1. The molecule has 0 bridgehead atoms. The molecule has 24 heavy (non-hydrogen) atoms. The molecule has 124 valence electrons. The first kappa shape index (κ1) is 16.6. The number of likely N-dealkylation sites (tertiary alicyclic amines) is 1. The molecule has 0 aromatic heterocycles. The predicted octanol–water partition coefficient (Wildman–Crippen LogP) is 2.43. The van der Waals surface area contributed by atoms with Crippen molar-refractivity contribution in [3.63, 3.8) is 0 Å². The molecule has 2 fully saturated rings. The Bertz CT molecular complexity index is 704. The Balaban J connectivity index is 1.77. The molecule has 1 aliphatic heterocycles. The average Bonchev–Trinajstić information content (AvgIpc) is 3.41. The second-order valence-corrected chi connectivity index (χ2v) is 6.54. The molecule has 1 amide bonds. The van der Waals surface area contributed by atoms with Gasteiger partial charge in [-0.05, 0) is 37.0 Å². The van der Waals surface area contributed by atoms with Crippen molar-refractivity contribution in [3.05, 3.63) is 35.4 Å². The Morgan fingerprint density at radius 2 is 2.04 bits per heavy atom. The highest BCUT2D eigenvalue weighted by molar-refractivity contribution is 5.83. The van der Waals surface area contributed by atoms with Crippen molar-refractivity contribution < 1.29 is 9.90 Å². The summed E-state index contributed by atoms with van der Waals surface area (Å²) < 4.78 is 0. The zero-order chi connectivity index (χ0) is 17.1. The van der Waals surface area contributed by atoms with Crippen LogP contribution in [0.3, 0.4) is 0 Å². The van der Waals surface area contributed by atoms with E-state index in [0.29, 0.717) is 0 Å². The Hall–Kier alpha value is -2.30. The van der Waals surface area contributed by atoms with Gasteiger partial charge in [0.1, 0.15) is 6.04 Å². The molecule has 1 aromatic rings. The fraction of sp³-hybridized carbons (Fsp3) is 0.500. The van der Waals surface area contributed by atoms with Gasteiger partial charge in [-0.25, -0.2) is 0 Å². The lowest BCUT2D eigenvalue weighted by atomic mass is 9.75. The number of amides is 1. The molecule has 4 nitrogen and oxygen atoms in total. The normalized spacial score (nSPS) is 25.2. The van der Waals surface area contributed by atoms with E-state index in [9.17, 15) is 15.2 Å². The number of hydrogen-bond acceptors (Lipinski definition) is 3. The minimum atomic E-state index is -0.479. The van der Waals surface area contributed by atoms with E-state index in [0.717, 1.165) is 36.8 Å². The molecular formula is C20H22N2O2. The van der Waals surface area contributed by atoms with E-state index >= 15 is 0 Å². The molecule has 0 spiro atoms. The van der Waals surface area contributed by atoms with Gasteiger partial charge in [-0.2, -0.15) is 5.26 Å². The number of benzene rings is 1. The van der Waals surface area contributed by atoms with E-state index in [1.165, 1.54) is 0 Å². The fourth-order valence-electron chi connectivity index (χ4n) is 3.33. The molecule has 3 rings (SSSR count). The van der Waals surface area contributed by atoms with Gasteiger partial charge in [0.2, 0.25) is 5.91 Å². The van der Waals surface area contributed by atoms with Crippen molar-refractivity contribution in [3.8, 4) is 17.9 Å². The zero-order valence-corrected chi connectivity index (χ0v) is 13.9. The van der Waals surface area contributed by atoms with E-state index in [1.54, 1.807) is 4.90 Å². The number of carbonyl (C=O) groups excluding carboxylic acids is 1. The summed E-state index contributed by atoms with van der Waals surface area (Å²) in [5.74, 6) is 6.20. The van der Waals surface area contributed by atoms with Crippen LogP contribution >= 0.6 is 0 Å². The number of nitriles is 1. The minimum Gasteiger partial charge on any atom is -0.394 e. The van der Waals surface area contributed by atoms with Crippen LogP contribution in [0, 0.1) is 29.1 Å². The summed E-state index contributed by atoms with van der Waals surface area (Å²) in [6.45, 7) is 1.99. The molecule has 3 atom stereocenters. The summed E-state index contributed by atoms with van der Waals surface area (Å²) >= 11 is 0. The van der Waals surface area contributed by atoms with Crippen LogP contribution in [-0.4, -0.2) is 34.6 Å². The Morgan fingerprint density at radius 1 is 1.33 bits per heavy atom. The third-order valence-electron chi connectivity index (χ3n) is 4.82. The quantitative estimate of drug-likeness (QED) is 0.866. The summed E-state index contributed by atoms with van der Waals surface area (Å²) in [5.41, 5.74) is 1.94. The number of hydrogen-bond donors (Lipinski definition) is 1. The number of nitrogens with zero attached hydrogens (tertiary/aromatic N) is 2. The number of rotatable bonds is 4. The third-order valence-corrected chi connectivity index (χ3v) is 4.82. The van der Waals surface area contributed by atoms with Gasteiger partial charge >= 0.3 is 0 Å². The van der Waals surface area contributed by atoms with Gasteiger partial charge in [-0.3, -0.25) is 4.79 Å². The van der Waals surface area contributed by atoms with Crippen molar-refractivity contribution in [2.24, 2.45) is 5.92 Å². The molecular weight excluding hydrogens is 300 g/mol. The molecule has 0 unspecified atom stereocenters. The maximum Gasteiger partial charge on any atom is 0.227 e. The van der Waals surface area contributed by atoms with Crippen LogP contribution in [0.25, 0.3) is 0 Å². The summed E-state index contributed by atoms with van der Waals surface area (Å²) in [7, 11) is 0. The van der Waals surface area contributed by atoms with Crippen LogP contribution in [0.5, 0.6) is 0 Å². The highest BCUT2D eigenvalue weighted by atomic mass is 16.3. The van der Waals surface area contributed by atoms with E-state index in [2.05, 4.69) is 24.8 Å². The molecule has 0 radical (unpaired) electrons. The second-order valence-electron chi connectivity index (χ2n) is 6.54. The maximum atomic E-state index is 12.3. The lowest BCUT2D eigenvalue weighted by Gasteiger charge is -2.51. The molecule has 1 N–H and O–H groups in total. The van der Waals surface area contributed by atoms with Gasteiger partial charge in [0.15, 0.2) is 0 Å². The van der Waals surface area contributed by atoms with E-state index in [-0.39, 0.29) is 30.4 Å². The third kappa shape index (κ3) is 3.03. The van der Waals surface area contributed by atoms with E-state index < -0.39 is 6.04 Å². The van der Waals surface area contributed by atoms with Gasteiger partial charge in [0.25, 0.3) is 0 Å². The second kappa shape index (κ2) is 7.07. The van der Waals surface area contributed by atoms with Crippen molar-refractivity contribution in [1.29, 1.82) is 5.26 Å². The summed E-state index contributed by atoms with van der Waals surface area (Å²) in [4.78, 5) is 13.9. The molecule has 1 heterocycles. The monoisotopic (exact) mass is 322 g/mol. The van der Waals surface area contributed by atoms with Crippen LogP contribution in [0.15, 0.2) is 24.3 Å². The lowest BCUT2D eigenvalue weighted by molar-refractivity contribution is -0.148. The van der Waals surface area contributed by atoms with Gasteiger partial charge in [0.05, 0.1) is 18.7 Å². The Morgan fingerprint density at radius 3 is 2.58 bits per heavy atom. The van der Waals surface area contributed by atoms with Crippen LogP contribution in [-0.2, 0) is 4.79 Å². The highest BCUT2D eigenvalue weighted by Crippen LogP contribution is 2.44. The number of aliphatic hydroxyl groups excluding tert-OH is 1. The number of unbranched alkanes of at least 4 members (excludes halogenated alkanes) is 1. The maximum absolute atomic E-state index is 12.3. The van der Waals surface area contributed by atoms with Gasteiger partial charge in [-0.15, -0.1) is 0 Å². The molecule has 1 saturated heterocycles. The van der Waals surface area contributed by atoms with Crippen LogP contribution in [0.4, 0.5) is 0 Å². The summed E-state index contributed by atoms with van der Waals surface area (Å²) in [6.07, 6.45) is 3.73. The van der Waals surface area contributed by atoms with Crippen LogP contribution in [0.1, 0.15) is 49.7 Å². The van der Waals surface area contributed by atoms with Crippen molar-refractivity contribution >= 4 is 5.91 Å². The van der Waals surface area contributed by atoms with Gasteiger partial charge in [0, 0.05) is 23.8 Å². The fourth-order valence-corrected chi connectivity index (χ4v) is 3.33. The summed E-state index contributed by atoms with van der Waals surface area (Å²) in [6, 6.07) is 9.31. The first-order valence-corrected chi connectivity index (χ1v) is 8.62. The molecule has 4 heteroatoms. The van der Waals surface area contributed by atoms with Crippen LogP contribution in [0.2, 0.25) is 0 Å². The molecule has 2 aliphatic rings. The largest absolute Gasteiger partial charge is 0.394 e. The van der Waals surface area contributed by atoms with Crippen LogP contribution < -0.4 is 0 Å². The standard InChI is InChI=1S/C20H22N2O2/c1-2-3-4-5-14-6-8-15(9-7-14)19-17(12-21)22(18(19)13-23)20(24)16-10-11-16/h6-9,16-19,23H,2-3,10-11,13H2,1H3/t17-,18+,19+/m1/s1. The number of carbonyl (C=O) groups is 1. The minimum absolute atomic E-state index is 0.0268. The molecule has 1 aliphatic carbocycles. The molecule has 1 aromatic carbocycles. The first-order chi connectivity index (χ1) is 11.7. The van der Waals surface area contributed by atoms with E-state index in [1.807, 2.05) is 24.3 Å². The average molecular weight is 322 g/mol. The zero-order valence-electron chi connectivity index (χ0n) is 13.9. The SMILES string of the molecule is CCCC#Cc1ccc([C@H]2[C@@H](C#N)N(C(=O)C3CC3)[C@H]2CO)cc1. The van der Waals surface area contributed by atoms with Crippen molar-refractivity contribution in [2.45, 2.75) is 50.6 Å². The summed E-state index contributed by atoms with van der Waals surface area (Å²) in [5, 5.41) is 19.2. The predicted molar refractivity (Wildman–Crippen MR) is 90.8 cm³/mol. The Kier molecular flexibility index (Phi) is 4.88. The van der Waals surface area contributed by atoms with Crippen molar-refractivity contribution in [1.82, 2.24) is 4.90 Å². The molecule has 1 saturated carbocycles.